The molecule has 1 aliphatic rings. The van der Waals surface area contributed by atoms with Gasteiger partial charge in [0.2, 0.25) is 0 Å². The molecule has 1 aliphatic heterocycles. The maximum atomic E-state index is 3.54. The van der Waals surface area contributed by atoms with E-state index in [2.05, 4.69) is 36.1 Å². The number of hydrogen-bond donors (Lipinski definition) is 1. The van der Waals surface area contributed by atoms with E-state index < -0.39 is 0 Å². The van der Waals surface area contributed by atoms with Gasteiger partial charge in [-0.15, -0.1) is 0 Å². The van der Waals surface area contributed by atoms with Crippen LogP contribution in [-0.4, -0.2) is 62.7 Å². The van der Waals surface area contributed by atoms with Gasteiger partial charge >= 0.3 is 0 Å². The van der Waals surface area contributed by atoms with E-state index in [-0.39, 0.29) is 0 Å². The first kappa shape index (κ1) is 12.9. The molecule has 1 rings (SSSR count). The second kappa shape index (κ2) is 7.20. The molecule has 15 heavy (non-hydrogen) atoms. The highest BCUT2D eigenvalue weighted by Gasteiger charge is 2.23. The highest BCUT2D eigenvalue weighted by molar-refractivity contribution is 4.81. The fraction of sp³-hybridized carbons (Fsp3) is 1.00. The summed E-state index contributed by atoms with van der Waals surface area (Å²) in [5.41, 5.74) is 0. The molecule has 0 aromatic carbocycles. The van der Waals surface area contributed by atoms with Gasteiger partial charge < -0.3 is 10.2 Å². The average molecular weight is 213 g/mol. The highest BCUT2D eigenvalue weighted by Crippen LogP contribution is 2.15. The van der Waals surface area contributed by atoms with Crippen LogP contribution in [0.2, 0.25) is 0 Å². The molecule has 0 aromatic rings. The van der Waals surface area contributed by atoms with Gasteiger partial charge in [-0.25, -0.2) is 0 Å². The maximum Gasteiger partial charge on any atom is 0.0221 e. The summed E-state index contributed by atoms with van der Waals surface area (Å²) in [5, 5.41) is 3.54. The SMILES string of the molecule is CCCNCC1CCCN1CCN(C)C. The van der Waals surface area contributed by atoms with E-state index in [1.54, 1.807) is 0 Å². The molecule has 1 fully saturated rings. The summed E-state index contributed by atoms with van der Waals surface area (Å²) in [5.74, 6) is 0. The van der Waals surface area contributed by atoms with Crippen molar-refractivity contribution < 1.29 is 0 Å². The Morgan fingerprint density at radius 2 is 2.20 bits per heavy atom. The molecule has 1 N–H and O–H groups in total. The molecule has 1 unspecified atom stereocenters. The topological polar surface area (TPSA) is 18.5 Å². The second-order valence-electron chi connectivity index (χ2n) is 4.84. The minimum absolute atomic E-state index is 0.788. The van der Waals surface area contributed by atoms with Crippen LogP contribution in [0.15, 0.2) is 0 Å². The molecular weight excluding hydrogens is 186 g/mol. The monoisotopic (exact) mass is 213 g/mol. The van der Waals surface area contributed by atoms with Crippen LogP contribution in [0.3, 0.4) is 0 Å². The quantitative estimate of drug-likeness (QED) is 0.637. The molecule has 0 spiro atoms. The summed E-state index contributed by atoms with van der Waals surface area (Å²) in [4.78, 5) is 4.91. The van der Waals surface area contributed by atoms with Crippen LogP contribution in [0.5, 0.6) is 0 Å². The van der Waals surface area contributed by atoms with Gasteiger partial charge in [0.15, 0.2) is 0 Å². The molecule has 0 bridgehead atoms. The molecule has 0 aliphatic carbocycles. The molecule has 0 amide bonds. The fourth-order valence-electron chi connectivity index (χ4n) is 2.19. The van der Waals surface area contributed by atoms with Crippen LogP contribution < -0.4 is 5.32 Å². The molecule has 0 saturated carbocycles. The molecular formula is C12H27N3. The molecule has 1 saturated heterocycles. The van der Waals surface area contributed by atoms with E-state index in [0.717, 1.165) is 12.6 Å². The standard InChI is InChI=1S/C12H27N3/c1-4-7-13-11-12-6-5-8-15(12)10-9-14(2)3/h12-13H,4-11H2,1-3H3. The van der Waals surface area contributed by atoms with E-state index in [1.165, 1.54) is 45.4 Å². The Kier molecular flexibility index (Phi) is 6.22. The van der Waals surface area contributed by atoms with Crippen molar-refractivity contribution in [3.05, 3.63) is 0 Å². The van der Waals surface area contributed by atoms with Gasteiger partial charge in [0.1, 0.15) is 0 Å². The lowest BCUT2D eigenvalue weighted by atomic mass is 10.2. The maximum absolute atomic E-state index is 3.54. The molecule has 3 heteroatoms. The van der Waals surface area contributed by atoms with Gasteiger partial charge in [0.05, 0.1) is 0 Å². The normalized spacial score (nSPS) is 22.8. The summed E-state index contributed by atoms with van der Waals surface area (Å²) >= 11 is 0. The van der Waals surface area contributed by atoms with Gasteiger partial charge in [0.25, 0.3) is 0 Å². The van der Waals surface area contributed by atoms with E-state index in [9.17, 15) is 0 Å². The number of nitrogens with zero attached hydrogens (tertiary/aromatic N) is 2. The van der Waals surface area contributed by atoms with Crippen LogP contribution in [-0.2, 0) is 0 Å². The average Bonchev–Trinajstić information content (AvgIpc) is 2.63. The minimum Gasteiger partial charge on any atom is -0.315 e. The van der Waals surface area contributed by atoms with Crippen LogP contribution in [0, 0.1) is 0 Å². The third kappa shape index (κ3) is 4.96. The molecule has 0 aromatic heterocycles. The first-order chi connectivity index (χ1) is 7.24. The summed E-state index contributed by atoms with van der Waals surface area (Å²) in [6.45, 7) is 8.28. The summed E-state index contributed by atoms with van der Waals surface area (Å²) < 4.78 is 0. The highest BCUT2D eigenvalue weighted by atomic mass is 15.2. The first-order valence-electron chi connectivity index (χ1n) is 6.33. The number of likely N-dealkylation sites (tertiary alicyclic amines) is 1. The first-order valence-corrected chi connectivity index (χ1v) is 6.33. The third-order valence-electron chi connectivity index (χ3n) is 3.14. The Morgan fingerprint density at radius 3 is 2.87 bits per heavy atom. The Bertz CT molecular complexity index is 159. The Hall–Kier alpha value is -0.120. The third-order valence-corrected chi connectivity index (χ3v) is 3.14. The van der Waals surface area contributed by atoms with Gasteiger partial charge in [-0.2, -0.15) is 0 Å². The van der Waals surface area contributed by atoms with Crippen molar-refractivity contribution in [1.29, 1.82) is 0 Å². The van der Waals surface area contributed by atoms with Crippen LogP contribution in [0.1, 0.15) is 26.2 Å². The Labute approximate surface area is 94.8 Å². The van der Waals surface area contributed by atoms with Crippen LogP contribution in [0.25, 0.3) is 0 Å². The number of nitrogens with one attached hydrogen (secondary N) is 1. The molecule has 90 valence electrons. The smallest absolute Gasteiger partial charge is 0.0221 e. The predicted molar refractivity (Wildman–Crippen MR) is 66.3 cm³/mol. The number of likely N-dealkylation sites (N-methyl/N-ethyl adjacent to an activating group) is 1. The lowest BCUT2D eigenvalue weighted by Gasteiger charge is -2.26. The van der Waals surface area contributed by atoms with Gasteiger partial charge in [0, 0.05) is 25.7 Å². The van der Waals surface area contributed by atoms with Crippen molar-refractivity contribution in [3.8, 4) is 0 Å². The zero-order valence-corrected chi connectivity index (χ0v) is 10.6. The van der Waals surface area contributed by atoms with Crippen LogP contribution >= 0.6 is 0 Å². The van der Waals surface area contributed by atoms with Gasteiger partial charge in [-0.3, -0.25) is 4.90 Å². The molecule has 0 radical (unpaired) electrons. The van der Waals surface area contributed by atoms with E-state index >= 15 is 0 Å². The van der Waals surface area contributed by atoms with Crippen molar-refractivity contribution >= 4 is 0 Å². The Balaban J connectivity index is 2.17. The zero-order valence-electron chi connectivity index (χ0n) is 10.6. The fourth-order valence-corrected chi connectivity index (χ4v) is 2.19. The van der Waals surface area contributed by atoms with Crippen molar-refractivity contribution in [2.24, 2.45) is 0 Å². The van der Waals surface area contributed by atoms with Crippen LogP contribution in [0.4, 0.5) is 0 Å². The van der Waals surface area contributed by atoms with E-state index in [0.29, 0.717) is 0 Å². The predicted octanol–water partition coefficient (Wildman–Crippen LogP) is 1.01. The summed E-state index contributed by atoms with van der Waals surface area (Å²) in [6, 6.07) is 0.788. The largest absolute Gasteiger partial charge is 0.315 e. The van der Waals surface area contributed by atoms with Crippen molar-refractivity contribution in [1.82, 2.24) is 15.1 Å². The molecule has 1 atom stereocenters. The number of rotatable bonds is 7. The van der Waals surface area contributed by atoms with Gasteiger partial charge in [-0.1, -0.05) is 6.92 Å². The summed E-state index contributed by atoms with van der Waals surface area (Å²) in [7, 11) is 4.31. The van der Waals surface area contributed by atoms with Gasteiger partial charge in [-0.05, 0) is 46.4 Å². The summed E-state index contributed by atoms with van der Waals surface area (Å²) in [6.07, 6.45) is 4.00. The van der Waals surface area contributed by atoms with E-state index in [4.69, 9.17) is 0 Å². The zero-order chi connectivity index (χ0) is 11.1. The van der Waals surface area contributed by atoms with Crippen molar-refractivity contribution in [2.75, 3.05) is 46.8 Å². The minimum atomic E-state index is 0.788. The lowest BCUT2D eigenvalue weighted by Crippen LogP contribution is -2.41. The Morgan fingerprint density at radius 1 is 1.40 bits per heavy atom. The second-order valence-corrected chi connectivity index (χ2v) is 4.84. The van der Waals surface area contributed by atoms with E-state index in [1.807, 2.05) is 0 Å². The van der Waals surface area contributed by atoms with Crippen molar-refractivity contribution in [2.45, 2.75) is 32.2 Å². The van der Waals surface area contributed by atoms with Crippen molar-refractivity contribution in [3.63, 3.8) is 0 Å². The lowest BCUT2D eigenvalue weighted by molar-refractivity contribution is 0.221. The number of hydrogen-bond acceptors (Lipinski definition) is 3. The molecule has 1 heterocycles. The molecule has 3 nitrogen and oxygen atoms in total.